The predicted octanol–water partition coefficient (Wildman–Crippen LogP) is 17.8. The summed E-state index contributed by atoms with van der Waals surface area (Å²) in [7, 11) is 0. The van der Waals surface area contributed by atoms with Gasteiger partial charge in [0.2, 0.25) is 0 Å². The van der Waals surface area contributed by atoms with Crippen molar-refractivity contribution in [1.82, 2.24) is 0 Å². The SMILES string of the molecule is c1ccc(N(c2ccccc2)c2cccc3c2-c2cccc4cc(N(c5ccc6c(c5)C(c5ccccc5)(c5ccccc5)c5ccccc5-6)c5cccc6c5oc5ccccc56)cc(c24)O3)cc1. The summed E-state index contributed by atoms with van der Waals surface area (Å²) in [4.78, 5) is 4.70. The van der Waals surface area contributed by atoms with E-state index in [1.807, 2.05) is 6.07 Å². The molecule has 12 aromatic rings. The lowest BCUT2D eigenvalue weighted by molar-refractivity contribution is 0.487. The van der Waals surface area contributed by atoms with Crippen molar-refractivity contribution in [3.8, 4) is 33.8 Å². The van der Waals surface area contributed by atoms with E-state index in [1.54, 1.807) is 0 Å². The van der Waals surface area contributed by atoms with Gasteiger partial charge in [-0.15, -0.1) is 0 Å². The van der Waals surface area contributed by atoms with Gasteiger partial charge in [0.25, 0.3) is 0 Å². The van der Waals surface area contributed by atoms with E-state index in [2.05, 4.69) is 259 Å². The molecule has 324 valence electrons. The first-order valence-corrected chi connectivity index (χ1v) is 23.6. The van der Waals surface area contributed by atoms with Crippen LogP contribution in [-0.4, -0.2) is 0 Å². The molecule has 0 N–H and O–H groups in total. The predicted molar refractivity (Wildman–Crippen MR) is 283 cm³/mol. The van der Waals surface area contributed by atoms with Gasteiger partial charge in [0, 0.05) is 44.9 Å². The van der Waals surface area contributed by atoms with Crippen molar-refractivity contribution in [3.05, 3.63) is 277 Å². The zero-order chi connectivity index (χ0) is 45.5. The van der Waals surface area contributed by atoms with E-state index in [1.165, 1.54) is 33.4 Å². The average Bonchev–Trinajstić information content (AvgIpc) is 3.94. The lowest BCUT2D eigenvalue weighted by atomic mass is 9.67. The normalized spacial score (nSPS) is 12.9. The van der Waals surface area contributed by atoms with Crippen LogP contribution < -0.4 is 14.5 Å². The van der Waals surface area contributed by atoms with Gasteiger partial charge in [-0.3, -0.25) is 0 Å². The smallest absolute Gasteiger partial charge is 0.159 e. The number of rotatable bonds is 8. The van der Waals surface area contributed by atoms with Crippen LogP contribution in [0.5, 0.6) is 11.5 Å². The molecule has 69 heavy (non-hydrogen) atoms. The molecule has 0 spiro atoms. The third kappa shape index (κ3) is 5.89. The highest BCUT2D eigenvalue weighted by Crippen LogP contribution is 2.59. The van der Waals surface area contributed by atoms with Crippen LogP contribution in [0.2, 0.25) is 0 Å². The van der Waals surface area contributed by atoms with E-state index in [9.17, 15) is 0 Å². The second kappa shape index (κ2) is 15.5. The molecule has 1 aromatic heterocycles. The molecule has 11 aromatic carbocycles. The lowest BCUT2D eigenvalue weighted by Gasteiger charge is -2.35. The average molecular weight is 883 g/mol. The topological polar surface area (TPSA) is 28.9 Å². The van der Waals surface area contributed by atoms with Crippen molar-refractivity contribution in [2.45, 2.75) is 5.41 Å². The Morgan fingerprint density at radius 1 is 0.348 bits per heavy atom. The molecule has 0 saturated heterocycles. The molecule has 1 aliphatic carbocycles. The van der Waals surface area contributed by atoms with Crippen molar-refractivity contribution in [3.63, 3.8) is 0 Å². The zero-order valence-corrected chi connectivity index (χ0v) is 37.5. The van der Waals surface area contributed by atoms with E-state index in [4.69, 9.17) is 9.15 Å². The highest BCUT2D eigenvalue weighted by molar-refractivity contribution is 6.12. The van der Waals surface area contributed by atoms with Gasteiger partial charge < -0.3 is 19.0 Å². The van der Waals surface area contributed by atoms with Crippen LogP contribution in [0.3, 0.4) is 0 Å². The number of anilines is 6. The van der Waals surface area contributed by atoms with Gasteiger partial charge in [0.15, 0.2) is 5.58 Å². The molecule has 1 aliphatic heterocycles. The van der Waals surface area contributed by atoms with Crippen molar-refractivity contribution in [1.29, 1.82) is 0 Å². The Hall–Kier alpha value is -9.12. The van der Waals surface area contributed by atoms with Gasteiger partial charge in [-0.2, -0.15) is 0 Å². The van der Waals surface area contributed by atoms with Crippen molar-refractivity contribution in [2.24, 2.45) is 0 Å². The Balaban J connectivity index is 1.02. The van der Waals surface area contributed by atoms with Gasteiger partial charge in [0.1, 0.15) is 17.1 Å². The Labute approximate surface area is 400 Å². The molecule has 4 nitrogen and oxygen atoms in total. The first-order chi connectivity index (χ1) is 34.2. The highest BCUT2D eigenvalue weighted by Gasteiger charge is 2.46. The molecule has 2 heterocycles. The van der Waals surface area contributed by atoms with Gasteiger partial charge in [-0.05, 0) is 111 Å². The number of ether oxygens (including phenoxy) is 1. The zero-order valence-electron chi connectivity index (χ0n) is 37.5. The first-order valence-electron chi connectivity index (χ1n) is 23.6. The van der Waals surface area contributed by atoms with Crippen LogP contribution in [0, 0.1) is 0 Å². The van der Waals surface area contributed by atoms with Gasteiger partial charge in [-0.25, -0.2) is 0 Å². The summed E-state index contributed by atoms with van der Waals surface area (Å²) in [6.45, 7) is 0. The summed E-state index contributed by atoms with van der Waals surface area (Å²) < 4.78 is 14.1. The molecule has 4 heteroatoms. The fraction of sp³-hybridized carbons (Fsp3) is 0.0154. The van der Waals surface area contributed by atoms with Crippen LogP contribution in [-0.2, 0) is 5.41 Å². The number of hydrogen-bond acceptors (Lipinski definition) is 4. The summed E-state index contributed by atoms with van der Waals surface area (Å²) in [6, 6.07) is 91.5. The van der Waals surface area contributed by atoms with Crippen LogP contribution in [0.15, 0.2) is 259 Å². The summed E-state index contributed by atoms with van der Waals surface area (Å²) in [5.41, 5.74) is 16.8. The maximum absolute atomic E-state index is 7.20. The maximum Gasteiger partial charge on any atom is 0.159 e. The first kappa shape index (κ1) is 39.1. The third-order valence-corrected chi connectivity index (χ3v) is 14.3. The Kier molecular flexibility index (Phi) is 8.77. The molecule has 0 bridgehead atoms. The molecule has 2 aliphatic rings. The monoisotopic (exact) mass is 882 g/mol. The van der Waals surface area contributed by atoms with E-state index in [0.717, 1.165) is 89.5 Å². The number of para-hydroxylation sites is 4. The van der Waals surface area contributed by atoms with E-state index < -0.39 is 5.41 Å². The molecule has 0 unspecified atom stereocenters. The van der Waals surface area contributed by atoms with Gasteiger partial charge in [-0.1, -0.05) is 182 Å². The second-order valence-electron chi connectivity index (χ2n) is 18.0. The molecule has 0 atom stereocenters. The van der Waals surface area contributed by atoms with E-state index in [0.29, 0.717) is 0 Å². The minimum absolute atomic E-state index is 0.580. The van der Waals surface area contributed by atoms with E-state index >= 15 is 0 Å². The van der Waals surface area contributed by atoms with E-state index in [-0.39, 0.29) is 0 Å². The number of fused-ring (bicyclic) bond motifs is 8. The number of nitrogens with zero attached hydrogens (tertiary/aromatic N) is 2. The van der Waals surface area contributed by atoms with Crippen molar-refractivity contribution >= 4 is 66.8 Å². The summed E-state index contributed by atoms with van der Waals surface area (Å²) >= 11 is 0. The molecule has 0 radical (unpaired) electrons. The standard InChI is InChI=1S/C65H42N2O2/c1-5-21-44(22-6-1)65(45-23-7-2-8-24-45)55-33-15-13-29-50(55)51-39-38-48(41-56(51)65)67(58-35-18-31-53-52-30-14-16-36-59(52)69-64(53)58)49-40-43-20-17-32-54-62(43)61(42-49)68-60-37-19-34-57(63(54)60)66(46-25-9-3-10-26-46)47-27-11-4-12-28-47/h1-42H. The minimum Gasteiger partial charge on any atom is -0.456 e. The van der Waals surface area contributed by atoms with Crippen molar-refractivity contribution in [2.75, 3.05) is 9.80 Å². The molecular weight excluding hydrogens is 841 g/mol. The number of hydrogen-bond donors (Lipinski definition) is 0. The quantitative estimate of drug-likeness (QED) is 0.152. The third-order valence-electron chi connectivity index (χ3n) is 14.3. The summed E-state index contributed by atoms with van der Waals surface area (Å²) in [5.74, 6) is 1.60. The molecule has 0 amide bonds. The molecular formula is C65H42N2O2. The largest absolute Gasteiger partial charge is 0.456 e. The van der Waals surface area contributed by atoms with Gasteiger partial charge >= 0.3 is 0 Å². The van der Waals surface area contributed by atoms with Gasteiger partial charge in [0.05, 0.1) is 22.5 Å². The van der Waals surface area contributed by atoms with Crippen LogP contribution >= 0.6 is 0 Å². The molecule has 0 saturated carbocycles. The Morgan fingerprint density at radius 2 is 0.928 bits per heavy atom. The maximum atomic E-state index is 7.20. The fourth-order valence-electron chi connectivity index (χ4n) is 11.5. The van der Waals surface area contributed by atoms with Crippen molar-refractivity contribution < 1.29 is 9.15 Å². The Bertz CT molecular complexity index is 3860. The number of benzene rings is 11. The van der Waals surface area contributed by atoms with Crippen LogP contribution in [0.4, 0.5) is 34.1 Å². The summed E-state index contributed by atoms with van der Waals surface area (Å²) in [5, 5.41) is 4.29. The van der Waals surface area contributed by atoms with Crippen LogP contribution in [0.1, 0.15) is 22.3 Å². The molecule has 0 fully saturated rings. The second-order valence-corrected chi connectivity index (χ2v) is 18.0. The molecule has 14 rings (SSSR count). The fourth-order valence-corrected chi connectivity index (χ4v) is 11.5. The number of furan rings is 1. The van der Waals surface area contributed by atoms with Crippen LogP contribution in [0.25, 0.3) is 55.0 Å². The summed E-state index contributed by atoms with van der Waals surface area (Å²) in [6.07, 6.45) is 0. The highest BCUT2D eigenvalue weighted by atomic mass is 16.5. The lowest BCUT2D eigenvalue weighted by Crippen LogP contribution is -2.28. The minimum atomic E-state index is -0.580. The Morgan fingerprint density at radius 3 is 1.68 bits per heavy atom.